The van der Waals surface area contributed by atoms with Crippen LogP contribution in [0, 0.1) is 0 Å². The zero-order chi connectivity index (χ0) is 19.9. The van der Waals surface area contributed by atoms with Crippen LogP contribution in [0.3, 0.4) is 0 Å². The standard InChI is InChI=1S/C21H23N3O4/c25-19(24-18(21(27)28)12-14-6-2-1-3-7-14)15-8-4-9-16(13-15)23-20(26)17-10-5-11-22-17/h1-4,6-9,13,17-18,22H,5,10-12H2,(H,23,26)(H,24,25)(H,27,28)/t17-,18-/m0/s1. The van der Waals surface area contributed by atoms with Gasteiger partial charge in [-0.05, 0) is 43.1 Å². The molecule has 0 aromatic heterocycles. The normalized spacial score (nSPS) is 16.9. The third-order valence-corrected chi connectivity index (χ3v) is 4.66. The summed E-state index contributed by atoms with van der Waals surface area (Å²) >= 11 is 0. The van der Waals surface area contributed by atoms with Crippen LogP contribution >= 0.6 is 0 Å². The third-order valence-electron chi connectivity index (χ3n) is 4.66. The SMILES string of the molecule is O=C(N[C@@H](Cc1ccccc1)C(=O)O)c1cccc(NC(=O)[C@@H]2CCCN2)c1. The van der Waals surface area contributed by atoms with Gasteiger partial charge in [0.05, 0.1) is 6.04 Å². The van der Waals surface area contributed by atoms with E-state index >= 15 is 0 Å². The van der Waals surface area contributed by atoms with Crippen molar-refractivity contribution in [1.82, 2.24) is 10.6 Å². The minimum absolute atomic E-state index is 0.137. The molecular weight excluding hydrogens is 358 g/mol. The number of hydrogen-bond donors (Lipinski definition) is 4. The number of anilines is 1. The summed E-state index contributed by atoms with van der Waals surface area (Å²) in [6.45, 7) is 0.818. The molecule has 146 valence electrons. The minimum atomic E-state index is -1.10. The van der Waals surface area contributed by atoms with Crippen LogP contribution in [0.5, 0.6) is 0 Å². The fourth-order valence-corrected chi connectivity index (χ4v) is 3.17. The zero-order valence-electron chi connectivity index (χ0n) is 15.4. The molecular formula is C21H23N3O4. The van der Waals surface area contributed by atoms with Crippen molar-refractivity contribution in [2.24, 2.45) is 0 Å². The summed E-state index contributed by atoms with van der Waals surface area (Å²) in [5, 5.41) is 17.9. The van der Waals surface area contributed by atoms with Gasteiger partial charge in [0.2, 0.25) is 5.91 Å². The highest BCUT2D eigenvalue weighted by Gasteiger charge is 2.23. The Morgan fingerprint density at radius 2 is 1.89 bits per heavy atom. The number of amides is 2. The lowest BCUT2D eigenvalue weighted by Crippen LogP contribution is -2.42. The minimum Gasteiger partial charge on any atom is -0.480 e. The number of benzene rings is 2. The van der Waals surface area contributed by atoms with Crippen LogP contribution in [0.15, 0.2) is 54.6 Å². The molecule has 3 rings (SSSR count). The first-order valence-electron chi connectivity index (χ1n) is 9.25. The summed E-state index contributed by atoms with van der Waals surface area (Å²) in [6, 6.07) is 14.3. The number of nitrogens with one attached hydrogen (secondary N) is 3. The molecule has 7 heteroatoms. The van der Waals surface area contributed by atoms with Crippen molar-refractivity contribution in [3.05, 3.63) is 65.7 Å². The van der Waals surface area contributed by atoms with E-state index in [1.807, 2.05) is 30.3 Å². The van der Waals surface area contributed by atoms with E-state index < -0.39 is 17.9 Å². The van der Waals surface area contributed by atoms with E-state index in [2.05, 4.69) is 16.0 Å². The second kappa shape index (κ2) is 9.14. The Morgan fingerprint density at radius 3 is 2.57 bits per heavy atom. The summed E-state index contributed by atoms with van der Waals surface area (Å²) in [5.41, 5.74) is 1.61. The Morgan fingerprint density at radius 1 is 1.11 bits per heavy atom. The lowest BCUT2D eigenvalue weighted by Gasteiger charge is -2.15. The summed E-state index contributed by atoms with van der Waals surface area (Å²) in [6.07, 6.45) is 1.93. The van der Waals surface area contributed by atoms with E-state index in [0.717, 1.165) is 24.9 Å². The Bertz CT molecular complexity index is 848. The van der Waals surface area contributed by atoms with Crippen molar-refractivity contribution in [2.75, 3.05) is 11.9 Å². The molecule has 1 heterocycles. The number of rotatable bonds is 7. The molecule has 4 N–H and O–H groups in total. The second-order valence-corrected chi connectivity index (χ2v) is 6.77. The summed E-state index contributed by atoms with van der Waals surface area (Å²) in [5.74, 6) is -1.74. The average Bonchev–Trinajstić information content (AvgIpc) is 3.23. The van der Waals surface area contributed by atoms with Crippen LogP contribution in [0.1, 0.15) is 28.8 Å². The Hall–Kier alpha value is -3.19. The maximum absolute atomic E-state index is 12.5. The van der Waals surface area contributed by atoms with Crippen LogP contribution in [0.2, 0.25) is 0 Å². The maximum Gasteiger partial charge on any atom is 0.326 e. The Balaban J connectivity index is 1.65. The molecule has 0 spiro atoms. The van der Waals surface area contributed by atoms with Gasteiger partial charge in [-0.3, -0.25) is 9.59 Å². The largest absolute Gasteiger partial charge is 0.480 e. The van der Waals surface area contributed by atoms with Gasteiger partial charge >= 0.3 is 5.97 Å². The second-order valence-electron chi connectivity index (χ2n) is 6.77. The van der Waals surface area contributed by atoms with Crippen LogP contribution < -0.4 is 16.0 Å². The van der Waals surface area contributed by atoms with Gasteiger partial charge < -0.3 is 21.1 Å². The molecule has 2 aromatic rings. The maximum atomic E-state index is 12.5. The van der Waals surface area contributed by atoms with Crippen molar-refractivity contribution in [3.8, 4) is 0 Å². The quantitative estimate of drug-likeness (QED) is 0.585. The molecule has 2 aromatic carbocycles. The van der Waals surface area contributed by atoms with Gasteiger partial charge in [-0.25, -0.2) is 4.79 Å². The fraction of sp³-hybridized carbons (Fsp3) is 0.286. The van der Waals surface area contributed by atoms with Crippen molar-refractivity contribution in [1.29, 1.82) is 0 Å². The van der Waals surface area contributed by atoms with E-state index in [4.69, 9.17) is 0 Å². The van der Waals surface area contributed by atoms with Gasteiger partial charge in [0.25, 0.3) is 5.91 Å². The molecule has 0 radical (unpaired) electrons. The summed E-state index contributed by atoms with van der Waals surface area (Å²) in [4.78, 5) is 36.3. The molecule has 1 aliphatic rings. The van der Waals surface area contributed by atoms with Crippen molar-refractivity contribution in [2.45, 2.75) is 31.3 Å². The highest BCUT2D eigenvalue weighted by atomic mass is 16.4. The fourth-order valence-electron chi connectivity index (χ4n) is 3.17. The Labute approximate surface area is 163 Å². The molecule has 2 atom stereocenters. The molecule has 1 aliphatic heterocycles. The number of carbonyl (C=O) groups excluding carboxylic acids is 2. The summed E-state index contributed by atoms with van der Waals surface area (Å²) in [7, 11) is 0. The lowest BCUT2D eigenvalue weighted by atomic mass is 10.1. The monoisotopic (exact) mass is 381 g/mol. The van der Waals surface area contributed by atoms with Gasteiger partial charge in [0.15, 0.2) is 0 Å². The number of hydrogen-bond acceptors (Lipinski definition) is 4. The van der Waals surface area contributed by atoms with Gasteiger partial charge in [-0.15, -0.1) is 0 Å². The molecule has 0 aliphatic carbocycles. The van der Waals surface area contributed by atoms with Crippen LogP contribution in [-0.2, 0) is 16.0 Å². The lowest BCUT2D eigenvalue weighted by molar-refractivity contribution is -0.139. The number of carbonyl (C=O) groups is 3. The Kier molecular flexibility index (Phi) is 6.39. The smallest absolute Gasteiger partial charge is 0.326 e. The molecule has 1 saturated heterocycles. The molecule has 1 fully saturated rings. The first-order chi connectivity index (χ1) is 13.5. The number of carboxylic acids is 1. The van der Waals surface area contributed by atoms with Gasteiger partial charge in [0, 0.05) is 17.7 Å². The van der Waals surface area contributed by atoms with Crippen molar-refractivity contribution >= 4 is 23.5 Å². The predicted molar refractivity (Wildman–Crippen MR) is 105 cm³/mol. The van der Waals surface area contributed by atoms with Gasteiger partial charge in [-0.2, -0.15) is 0 Å². The molecule has 0 unspecified atom stereocenters. The number of aliphatic carboxylic acids is 1. The third kappa shape index (κ3) is 5.17. The van der Waals surface area contributed by atoms with Crippen LogP contribution in [0.25, 0.3) is 0 Å². The van der Waals surface area contributed by atoms with Crippen LogP contribution in [-0.4, -0.2) is 41.5 Å². The predicted octanol–water partition coefficient (Wildman–Crippen LogP) is 1.80. The van der Waals surface area contributed by atoms with E-state index in [1.54, 1.807) is 24.3 Å². The summed E-state index contributed by atoms with van der Waals surface area (Å²) < 4.78 is 0. The first-order valence-corrected chi connectivity index (χ1v) is 9.25. The van der Waals surface area contributed by atoms with Crippen LogP contribution in [0.4, 0.5) is 5.69 Å². The molecule has 0 saturated carbocycles. The highest BCUT2D eigenvalue weighted by Crippen LogP contribution is 2.14. The van der Waals surface area contributed by atoms with Crippen molar-refractivity contribution in [3.63, 3.8) is 0 Å². The molecule has 7 nitrogen and oxygen atoms in total. The average molecular weight is 381 g/mol. The number of carboxylic acid groups (broad SMARTS) is 1. The van der Waals surface area contributed by atoms with E-state index in [1.165, 1.54) is 0 Å². The molecule has 2 amide bonds. The van der Waals surface area contributed by atoms with Crippen molar-refractivity contribution < 1.29 is 19.5 Å². The van der Waals surface area contributed by atoms with E-state index in [-0.39, 0.29) is 23.9 Å². The van der Waals surface area contributed by atoms with E-state index in [0.29, 0.717) is 5.69 Å². The zero-order valence-corrected chi connectivity index (χ0v) is 15.4. The van der Waals surface area contributed by atoms with E-state index in [9.17, 15) is 19.5 Å². The first kappa shape index (κ1) is 19.6. The topological polar surface area (TPSA) is 108 Å². The molecule has 0 bridgehead atoms. The van der Waals surface area contributed by atoms with Gasteiger partial charge in [-0.1, -0.05) is 36.4 Å². The van der Waals surface area contributed by atoms with Gasteiger partial charge in [0.1, 0.15) is 6.04 Å². The molecule has 28 heavy (non-hydrogen) atoms. The highest BCUT2D eigenvalue weighted by molar-refractivity contribution is 5.99.